The molecule has 0 aromatic carbocycles. The molecule has 0 fully saturated rings. The molecule has 0 aliphatic carbocycles. The Balaban J connectivity index is 0. The molecule has 0 rings (SSSR count). The molecule has 20 heavy (non-hydrogen) atoms. The van der Waals surface area contributed by atoms with Crippen molar-refractivity contribution < 1.29 is 0 Å². The topological polar surface area (TPSA) is 0 Å². The van der Waals surface area contributed by atoms with Crippen LogP contribution in [-0.4, -0.2) is 0 Å². The van der Waals surface area contributed by atoms with E-state index in [-0.39, 0.29) is 0 Å². The maximum Gasteiger partial charge on any atom is -0.0288 e. The smallest absolute Gasteiger partial charge is 0.0288 e. The second-order valence-corrected chi connectivity index (χ2v) is 5.56. The summed E-state index contributed by atoms with van der Waals surface area (Å²) in [6.45, 7) is 21.7. The zero-order valence-electron chi connectivity index (χ0n) is 14.4. The maximum absolute atomic E-state index is 4.02. The van der Waals surface area contributed by atoms with Crippen LogP contribution in [0.15, 0.2) is 60.3 Å². The van der Waals surface area contributed by atoms with E-state index in [0.717, 1.165) is 24.8 Å². The quantitative estimate of drug-likeness (QED) is 0.325. The van der Waals surface area contributed by atoms with Crippen LogP contribution in [0.3, 0.4) is 0 Å². The summed E-state index contributed by atoms with van der Waals surface area (Å²) >= 11 is 0. The molecule has 0 saturated carbocycles. The number of hydrogen-bond donors (Lipinski definition) is 0. The van der Waals surface area contributed by atoms with Crippen molar-refractivity contribution in [3.63, 3.8) is 0 Å². The first-order valence-corrected chi connectivity index (χ1v) is 7.57. The molecule has 0 amide bonds. The summed E-state index contributed by atoms with van der Waals surface area (Å²) in [4.78, 5) is 0. The molecule has 114 valence electrons. The van der Waals surface area contributed by atoms with Crippen molar-refractivity contribution in [2.24, 2.45) is 0 Å². The standard InChI is InChI=1S/C15H26.C5H8/c1-6-14(4)10-8-12-15(5)11-7-9-13(2)3;1-4-5(2)3/h9,12H,4,6-8,10-11H2,1-3,5H3;4H,1-2H2,3H3/b15-12+;. The lowest BCUT2D eigenvalue weighted by Gasteiger charge is -2.01. The highest BCUT2D eigenvalue weighted by molar-refractivity contribution is 5.06. The van der Waals surface area contributed by atoms with E-state index < -0.39 is 0 Å². The zero-order valence-corrected chi connectivity index (χ0v) is 14.4. The lowest BCUT2D eigenvalue weighted by atomic mass is 10.1. The Morgan fingerprint density at radius 1 is 0.900 bits per heavy atom. The molecule has 0 heteroatoms. The maximum atomic E-state index is 4.02. The van der Waals surface area contributed by atoms with E-state index in [4.69, 9.17) is 0 Å². The van der Waals surface area contributed by atoms with Gasteiger partial charge in [-0.2, -0.15) is 0 Å². The van der Waals surface area contributed by atoms with Crippen molar-refractivity contribution in [3.05, 3.63) is 60.3 Å². The third-order valence-corrected chi connectivity index (χ3v) is 2.93. The van der Waals surface area contributed by atoms with E-state index in [9.17, 15) is 0 Å². The van der Waals surface area contributed by atoms with Crippen molar-refractivity contribution in [2.45, 2.75) is 66.7 Å². The summed E-state index contributed by atoms with van der Waals surface area (Å²) in [7, 11) is 0. The fourth-order valence-electron chi connectivity index (χ4n) is 1.39. The molecule has 0 unspecified atom stereocenters. The van der Waals surface area contributed by atoms with Crippen molar-refractivity contribution >= 4 is 0 Å². The first-order valence-electron chi connectivity index (χ1n) is 7.57. The third kappa shape index (κ3) is 19.0. The Morgan fingerprint density at radius 3 is 1.80 bits per heavy atom. The molecule has 0 aromatic rings. The molecular weight excluding hydrogens is 240 g/mol. The van der Waals surface area contributed by atoms with E-state index in [2.05, 4.69) is 59.6 Å². The Kier molecular flexibility index (Phi) is 14.8. The SMILES string of the molecule is C=C(CC)CC/C=C(\C)CCC=C(C)C.C=CC(=C)C. The van der Waals surface area contributed by atoms with Gasteiger partial charge in [0, 0.05) is 0 Å². The van der Waals surface area contributed by atoms with E-state index in [1.165, 1.54) is 29.6 Å². The fraction of sp³-hybridized carbons (Fsp3) is 0.500. The highest BCUT2D eigenvalue weighted by Crippen LogP contribution is 2.11. The van der Waals surface area contributed by atoms with E-state index in [1.54, 1.807) is 6.08 Å². The van der Waals surface area contributed by atoms with Crippen molar-refractivity contribution in [1.29, 1.82) is 0 Å². The monoisotopic (exact) mass is 274 g/mol. The van der Waals surface area contributed by atoms with Gasteiger partial charge >= 0.3 is 0 Å². The Hall–Kier alpha value is -1.30. The molecule has 0 spiro atoms. The van der Waals surface area contributed by atoms with Crippen LogP contribution in [0.25, 0.3) is 0 Å². The molecule has 0 aliphatic rings. The lowest BCUT2D eigenvalue weighted by Crippen LogP contribution is -1.81. The van der Waals surface area contributed by atoms with Crippen LogP contribution in [-0.2, 0) is 0 Å². The predicted molar refractivity (Wildman–Crippen MR) is 96.1 cm³/mol. The third-order valence-electron chi connectivity index (χ3n) is 2.93. The fourth-order valence-corrected chi connectivity index (χ4v) is 1.39. The predicted octanol–water partition coefficient (Wildman–Crippen LogP) is 7.17. The van der Waals surface area contributed by atoms with Crippen LogP contribution < -0.4 is 0 Å². The molecule has 0 aliphatic heterocycles. The van der Waals surface area contributed by atoms with Gasteiger partial charge in [-0.05, 0) is 59.8 Å². The second-order valence-electron chi connectivity index (χ2n) is 5.56. The largest absolute Gasteiger partial charge is 0.0999 e. The van der Waals surface area contributed by atoms with E-state index >= 15 is 0 Å². The van der Waals surface area contributed by atoms with Crippen molar-refractivity contribution in [2.75, 3.05) is 0 Å². The Labute approximate surface area is 127 Å². The minimum absolute atomic E-state index is 1.02. The molecule has 0 nitrogen and oxygen atoms in total. The van der Waals surface area contributed by atoms with Gasteiger partial charge in [-0.3, -0.25) is 0 Å². The van der Waals surface area contributed by atoms with E-state index in [0.29, 0.717) is 0 Å². The second kappa shape index (κ2) is 14.1. The van der Waals surface area contributed by atoms with Gasteiger partial charge in [-0.15, -0.1) is 0 Å². The minimum atomic E-state index is 1.02. The number of hydrogen-bond acceptors (Lipinski definition) is 0. The van der Waals surface area contributed by atoms with Gasteiger partial charge in [0.25, 0.3) is 0 Å². The summed E-state index contributed by atoms with van der Waals surface area (Å²) in [5.74, 6) is 0. The Morgan fingerprint density at radius 2 is 1.40 bits per heavy atom. The van der Waals surface area contributed by atoms with Gasteiger partial charge in [0.2, 0.25) is 0 Å². The van der Waals surface area contributed by atoms with Crippen LogP contribution in [0.1, 0.15) is 66.7 Å². The van der Waals surface area contributed by atoms with Gasteiger partial charge in [0.15, 0.2) is 0 Å². The minimum Gasteiger partial charge on any atom is -0.0999 e. The molecular formula is C20H34. The average molecular weight is 274 g/mol. The molecule has 0 N–H and O–H groups in total. The first-order chi connectivity index (χ1) is 9.33. The molecule has 0 saturated heterocycles. The summed E-state index contributed by atoms with van der Waals surface area (Å²) in [5, 5.41) is 0. The highest BCUT2D eigenvalue weighted by atomic mass is 14.0. The van der Waals surface area contributed by atoms with Gasteiger partial charge < -0.3 is 0 Å². The van der Waals surface area contributed by atoms with Gasteiger partial charge in [0.05, 0.1) is 0 Å². The van der Waals surface area contributed by atoms with Crippen LogP contribution in [0, 0.1) is 0 Å². The van der Waals surface area contributed by atoms with Crippen LogP contribution in [0.5, 0.6) is 0 Å². The summed E-state index contributed by atoms with van der Waals surface area (Å²) in [6.07, 6.45) is 12.2. The average Bonchev–Trinajstić information content (AvgIpc) is 2.38. The van der Waals surface area contributed by atoms with Crippen LogP contribution >= 0.6 is 0 Å². The molecule has 0 radical (unpaired) electrons. The molecule has 0 bridgehead atoms. The van der Waals surface area contributed by atoms with E-state index in [1.807, 2.05) is 6.92 Å². The molecule has 0 atom stereocenters. The summed E-state index contributed by atoms with van der Waals surface area (Å²) < 4.78 is 0. The number of rotatable bonds is 8. The summed E-state index contributed by atoms with van der Waals surface area (Å²) in [5.41, 5.74) is 5.31. The molecule has 0 heterocycles. The zero-order chi connectivity index (χ0) is 16.0. The normalized spacial score (nSPS) is 10.2. The van der Waals surface area contributed by atoms with Gasteiger partial charge in [-0.1, -0.05) is 67.2 Å². The Bertz CT molecular complexity index is 346. The van der Waals surface area contributed by atoms with Crippen molar-refractivity contribution in [1.82, 2.24) is 0 Å². The van der Waals surface area contributed by atoms with Gasteiger partial charge in [-0.25, -0.2) is 0 Å². The summed E-state index contributed by atoms with van der Waals surface area (Å²) in [6, 6.07) is 0. The lowest BCUT2D eigenvalue weighted by molar-refractivity contribution is 0.889. The van der Waals surface area contributed by atoms with Gasteiger partial charge in [0.1, 0.15) is 0 Å². The molecule has 0 aromatic heterocycles. The highest BCUT2D eigenvalue weighted by Gasteiger charge is 1.91. The first kappa shape index (κ1) is 21.0. The van der Waals surface area contributed by atoms with Crippen LogP contribution in [0.2, 0.25) is 0 Å². The van der Waals surface area contributed by atoms with Crippen LogP contribution in [0.4, 0.5) is 0 Å². The van der Waals surface area contributed by atoms with Crippen molar-refractivity contribution in [3.8, 4) is 0 Å². The number of allylic oxidation sites excluding steroid dienone is 7.